The van der Waals surface area contributed by atoms with Crippen LogP contribution in [0.15, 0.2) is 12.1 Å². The first-order chi connectivity index (χ1) is 7.52. The SMILES string of the molecule is Cc1ccc(C#N)c(N2CCC(C)(C)C2)n1. The Hall–Kier alpha value is -1.56. The third kappa shape index (κ3) is 2.01. The molecule has 0 atom stereocenters. The molecule has 0 N–H and O–H groups in total. The molecule has 2 heterocycles. The summed E-state index contributed by atoms with van der Waals surface area (Å²) < 4.78 is 0. The third-order valence-electron chi connectivity index (χ3n) is 3.11. The van der Waals surface area contributed by atoms with Gasteiger partial charge in [0.15, 0.2) is 0 Å². The van der Waals surface area contributed by atoms with Gasteiger partial charge in [-0.2, -0.15) is 5.26 Å². The van der Waals surface area contributed by atoms with E-state index >= 15 is 0 Å². The van der Waals surface area contributed by atoms with Gasteiger partial charge in [0.05, 0.1) is 5.56 Å². The van der Waals surface area contributed by atoms with Crippen molar-refractivity contribution in [3.05, 3.63) is 23.4 Å². The highest BCUT2D eigenvalue weighted by Gasteiger charge is 2.30. The molecule has 1 fully saturated rings. The zero-order valence-electron chi connectivity index (χ0n) is 10.1. The molecule has 1 aliphatic rings. The first-order valence-electron chi connectivity index (χ1n) is 5.64. The van der Waals surface area contributed by atoms with Gasteiger partial charge < -0.3 is 4.90 Å². The van der Waals surface area contributed by atoms with E-state index in [4.69, 9.17) is 5.26 Å². The van der Waals surface area contributed by atoms with E-state index in [2.05, 4.69) is 29.8 Å². The van der Waals surface area contributed by atoms with Crippen LogP contribution in [0.25, 0.3) is 0 Å². The Kier molecular flexibility index (Phi) is 2.59. The molecule has 2 rings (SSSR count). The summed E-state index contributed by atoms with van der Waals surface area (Å²) in [6, 6.07) is 5.98. The molecule has 1 aromatic rings. The Morgan fingerprint density at radius 3 is 2.75 bits per heavy atom. The summed E-state index contributed by atoms with van der Waals surface area (Å²) in [5.41, 5.74) is 1.99. The molecule has 0 aliphatic carbocycles. The van der Waals surface area contributed by atoms with Crippen molar-refractivity contribution in [1.29, 1.82) is 5.26 Å². The summed E-state index contributed by atoms with van der Waals surface area (Å²) in [4.78, 5) is 6.72. The van der Waals surface area contributed by atoms with Crippen LogP contribution in [0.1, 0.15) is 31.5 Å². The van der Waals surface area contributed by atoms with E-state index in [0.717, 1.165) is 31.0 Å². The minimum Gasteiger partial charge on any atom is -0.355 e. The minimum atomic E-state index is 0.331. The molecule has 3 nitrogen and oxygen atoms in total. The van der Waals surface area contributed by atoms with Gasteiger partial charge in [-0.1, -0.05) is 13.8 Å². The normalized spacial score (nSPS) is 18.5. The zero-order chi connectivity index (χ0) is 11.8. The number of aromatic nitrogens is 1. The van der Waals surface area contributed by atoms with Crippen LogP contribution in [0.4, 0.5) is 5.82 Å². The van der Waals surface area contributed by atoms with Gasteiger partial charge in [0, 0.05) is 18.8 Å². The lowest BCUT2D eigenvalue weighted by atomic mass is 9.93. The van der Waals surface area contributed by atoms with Gasteiger partial charge in [-0.25, -0.2) is 4.98 Å². The van der Waals surface area contributed by atoms with E-state index in [0.29, 0.717) is 11.0 Å². The topological polar surface area (TPSA) is 39.9 Å². The van der Waals surface area contributed by atoms with Crippen LogP contribution in [-0.2, 0) is 0 Å². The van der Waals surface area contributed by atoms with Crippen LogP contribution in [0.2, 0.25) is 0 Å². The van der Waals surface area contributed by atoms with Gasteiger partial charge in [-0.15, -0.1) is 0 Å². The highest BCUT2D eigenvalue weighted by atomic mass is 15.2. The number of rotatable bonds is 1. The largest absolute Gasteiger partial charge is 0.355 e. The highest BCUT2D eigenvalue weighted by Crippen LogP contribution is 2.32. The molecular weight excluding hydrogens is 198 g/mol. The lowest BCUT2D eigenvalue weighted by molar-refractivity contribution is 0.418. The van der Waals surface area contributed by atoms with Crippen LogP contribution < -0.4 is 4.90 Å². The molecule has 0 aromatic carbocycles. The molecule has 1 saturated heterocycles. The average molecular weight is 215 g/mol. The molecule has 3 heteroatoms. The fourth-order valence-electron chi connectivity index (χ4n) is 2.16. The molecule has 0 amide bonds. The molecule has 0 unspecified atom stereocenters. The molecule has 0 saturated carbocycles. The second kappa shape index (κ2) is 3.79. The van der Waals surface area contributed by atoms with Gasteiger partial charge in [-0.05, 0) is 30.9 Å². The van der Waals surface area contributed by atoms with Crippen molar-refractivity contribution >= 4 is 5.82 Å². The van der Waals surface area contributed by atoms with Gasteiger partial charge in [0.2, 0.25) is 0 Å². The first-order valence-corrected chi connectivity index (χ1v) is 5.64. The van der Waals surface area contributed by atoms with Crippen molar-refractivity contribution in [1.82, 2.24) is 4.98 Å². The summed E-state index contributed by atoms with van der Waals surface area (Å²) in [6.45, 7) is 8.46. The van der Waals surface area contributed by atoms with E-state index in [9.17, 15) is 0 Å². The lowest BCUT2D eigenvalue weighted by Crippen LogP contribution is -2.24. The van der Waals surface area contributed by atoms with E-state index in [1.807, 2.05) is 19.1 Å². The van der Waals surface area contributed by atoms with Gasteiger partial charge in [0.25, 0.3) is 0 Å². The fourth-order valence-corrected chi connectivity index (χ4v) is 2.16. The number of nitriles is 1. The third-order valence-corrected chi connectivity index (χ3v) is 3.11. The fraction of sp³-hybridized carbons (Fsp3) is 0.538. The summed E-state index contributed by atoms with van der Waals surface area (Å²) in [6.07, 6.45) is 1.16. The van der Waals surface area contributed by atoms with Crippen molar-refractivity contribution in [3.63, 3.8) is 0 Å². The molecule has 1 aromatic heterocycles. The van der Waals surface area contributed by atoms with Crippen LogP contribution in [-0.4, -0.2) is 18.1 Å². The number of hydrogen-bond acceptors (Lipinski definition) is 3. The summed E-state index contributed by atoms with van der Waals surface area (Å²) in [5, 5.41) is 9.08. The predicted octanol–water partition coefficient (Wildman–Crippen LogP) is 2.50. The smallest absolute Gasteiger partial charge is 0.146 e. The maximum Gasteiger partial charge on any atom is 0.146 e. The Bertz CT molecular complexity index is 443. The molecule has 0 radical (unpaired) electrons. The van der Waals surface area contributed by atoms with Crippen LogP contribution >= 0.6 is 0 Å². The standard InChI is InChI=1S/C13H17N3/c1-10-4-5-11(8-14)12(15-10)16-7-6-13(2,3)9-16/h4-5H,6-7,9H2,1-3H3. The Balaban J connectivity index is 2.34. The van der Waals surface area contributed by atoms with Crippen molar-refractivity contribution in [2.24, 2.45) is 5.41 Å². The number of anilines is 1. The maximum atomic E-state index is 9.08. The molecule has 0 spiro atoms. The van der Waals surface area contributed by atoms with Crippen molar-refractivity contribution in [3.8, 4) is 6.07 Å². The predicted molar refractivity (Wildman–Crippen MR) is 64.3 cm³/mol. The Labute approximate surface area is 96.7 Å². The molecule has 0 bridgehead atoms. The quantitative estimate of drug-likeness (QED) is 0.722. The van der Waals surface area contributed by atoms with Gasteiger partial charge in [-0.3, -0.25) is 0 Å². The Morgan fingerprint density at radius 2 is 2.19 bits per heavy atom. The molecule has 16 heavy (non-hydrogen) atoms. The van der Waals surface area contributed by atoms with Crippen LogP contribution in [0, 0.1) is 23.7 Å². The second-order valence-corrected chi connectivity index (χ2v) is 5.27. The van der Waals surface area contributed by atoms with Crippen LogP contribution in [0.5, 0.6) is 0 Å². The maximum absolute atomic E-state index is 9.08. The minimum absolute atomic E-state index is 0.331. The Morgan fingerprint density at radius 1 is 1.44 bits per heavy atom. The first kappa shape index (κ1) is 10.9. The summed E-state index contributed by atoms with van der Waals surface area (Å²) in [5.74, 6) is 0.855. The van der Waals surface area contributed by atoms with Crippen molar-refractivity contribution in [2.75, 3.05) is 18.0 Å². The van der Waals surface area contributed by atoms with E-state index in [1.165, 1.54) is 0 Å². The molecule has 1 aliphatic heterocycles. The summed E-state index contributed by atoms with van der Waals surface area (Å²) in [7, 11) is 0. The van der Waals surface area contributed by atoms with E-state index < -0.39 is 0 Å². The van der Waals surface area contributed by atoms with Crippen molar-refractivity contribution in [2.45, 2.75) is 27.2 Å². The van der Waals surface area contributed by atoms with E-state index in [1.54, 1.807) is 0 Å². The number of pyridine rings is 1. The van der Waals surface area contributed by atoms with Crippen molar-refractivity contribution < 1.29 is 0 Å². The number of nitrogens with zero attached hydrogens (tertiary/aromatic N) is 3. The highest BCUT2D eigenvalue weighted by molar-refractivity contribution is 5.55. The van der Waals surface area contributed by atoms with Gasteiger partial charge >= 0.3 is 0 Å². The lowest BCUT2D eigenvalue weighted by Gasteiger charge is -2.21. The van der Waals surface area contributed by atoms with Crippen LogP contribution in [0.3, 0.4) is 0 Å². The average Bonchev–Trinajstić information content (AvgIpc) is 2.59. The van der Waals surface area contributed by atoms with Gasteiger partial charge in [0.1, 0.15) is 11.9 Å². The van der Waals surface area contributed by atoms with E-state index in [-0.39, 0.29) is 0 Å². The molecule has 84 valence electrons. The monoisotopic (exact) mass is 215 g/mol. The summed E-state index contributed by atoms with van der Waals surface area (Å²) >= 11 is 0. The zero-order valence-corrected chi connectivity index (χ0v) is 10.1. The molecular formula is C13H17N3. The number of aryl methyl sites for hydroxylation is 1. The second-order valence-electron chi connectivity index (χ2n) is 5.27. The number of hydrogen-bond donors (Lipinski definition) is 0.